The smallest absolute Gasteiger partial charge is 0.146 e. The molecular formula is C16H19ClFN3. The summed E-state index contributed by atoms with van der Waals surface area (Å²) < 4.78 is 16.1. The molecule has 1 aromatic heterocycles. The van der Waals surface area contributed by atoms with E-state index in [1.807, 2.05) is 19.4 Å². The number of aromatic nitrogens is 2. The van der Waals surface area contributed by atoms with Crippen LogP contribution in [0.3, 0.4) is 0 Å². The monoisotopic (exact) mass is 307 g/mol. The number of hydrogen-bond donors (Lipinski definition) is 0. The molecule has 1 aliphatic rings. The number of benzene rings is 1. The van der Waals surface area contributed by atoms with Crippen molar-refractivity contribution < 1.29 is 4.39 Å². The fourth-order valence-electron chi connectivity index (χ4n) is 3.05. The van der Waals surface area contributed by atoms with E-state index in [0.717, 1.165) is 25.9 Å². The van der Waals surface area contributed by atoms with Crippen molar-refractivity contribution >= 4 is 11.6 Å². The summed E-state index contributed by atoms with van der Waals surface area (Å²) in [6.45, 7) is 2.53. The zero-order valence-corrected chi connectivity index (χ0v) is 12.9. The van der Waals surface area contributed by atoms with E-state index in [1.54, 1.807) is 18.2 Å². The van der Waals surface area contributed by atoms with Gasteiger partial charge in [0.2, 0.25) is 0 Å². The van der Waals surface area contributed by atoms with E-state index >= 15 is 0 Å². The Balaban J connectivity index is 1.60. The summed E-state index contributed by atoms with van der Waals surface area (Å²) in [4.78, 5) is 6.51. The molecule has 1 aromatic carbocycles. The highest BCUT2D eigenvalue weighted by Gasteiger charge is 2.20. The average Bonchev–Trinajstić information content (AvgIpc) is 2.91. The number of fused-ring (bicyclic) bond motifs is 1. The van der Waals surface area contributed by atoms with Gasteiger partial charge in [0.15, 0.2) is 0 Å². The van der Waals surface area contributed by atoms with E-state index < -0.39 is 0 Å². The minimum atomic E-state index is -0.299. The van der Waals surface area contributed by atoms with Gasteiger partial charge in [0, 0.05) is 44.0 Å². The van der Waals surface area contributed by atoms with Gasteiger partial charge in [-0.05, 0) is 25.5 Å². The minimum absolute atomic E-state index is 0.196. The van der Waals surface area contributed by atoms with Crippen LogP contribution in [-0.2, 0) is 19.5 Å². The second-order valence-electron chi connectivity index (χ2n) is 5.81. The lowest BCUT2D eigenvalue weighted by atomic mass is 9.99. The first-order valence-corrected chi connectivity index (χ1v) is 7.62. The highest BCUT2D eigenvalue weighted by molar-refractivity contribution is 6.30. The molecule has 0 amide bonds. The molecule has 0 fully saturated rings. The summed E-state index contributed by atoms with van der Waals surface area (Å²) in [5.74, 6) is 1.46. The van der Waals surface area contributed by atoms with Crippen LogP contribution in [-0.4, -0.2) is 28.0 Å². The molecule has 0 saturated heterocycles. The van der Waals surface area contributed by atoms with Crippen LogP contribution in [0.2, 0.25) is 5.02 Å². The standard InChI is InChI=1S/C16H19ClFN3/c1-20(11-13-3-2-4-14(17)16(13)18)9-12-5-6-15-19-7-8-21(15)10-12/h2-4,7-8,12H,5-6,9-11H2,1H3/t12-/m1/s1. The highest BCUT2D eigenvalue weighted by Crippen LogP contribution is 2.22. The van der Waals surface area contributed by atoms with Crippen molar-refractivity contribution in [2.75, 3.05) is 13.6 Å². The Morgan fingerprint density at radius 1 is 1.48 bits per heavy atom. The number of aryl methyl sites for hydroxylation is 1. The van der Waals surface area contributed by atoms with Crippen molar-refractivity contribution in [2.45, 2.75) is 25.9 Å². The second kappa shape index (κ2) is 6.16. The molecule has 3 nitrogen and oxygen atoms in total. The van der Waals surface area contributed by atoms with E-state index in [-0.39, 0.29) is 10.8 Å². The van der Waals surface area contributed by atoms with Crippen LogP contribution in [0.5, 0.6) is 0 Å². The van der Waals surface area contributed by atoms with Crippen LogP contribution >= 0.6 is 11.6 Å². The maximum Gasteiger partial charge on any atom is 0.146 e. The quantitative estimate of drug-likeness (QED) is 0.863. The van der Waals surface area contributed by atoms with Gasteiger partial charge in [0.05, 0.1) is 5.02 Å². The molecule has 0 spiro atoms. The average molecular weight is 308 g/mol. The summed E-state index contributed by atoms with van der Waals surface area (Å²) in [7, 11) is 2.03. The summed E-state index contributed by atoms with van der Waals surface area (Å²) in [5.41, 5.74) is 0.657. The lowest BCUT2D eigenvalue weighted by molar-refractivity contribution is 0.227. The van der Waals surface area contributed by atoms with Gasteiger partial charge >= 0.3 is 0 Å². The molecule has 0 radical (unpaired) electrons. The van der Waals surface area contributed by atoms with Gasteiger partial charge in [-0.2, -0.15) is 0 Å². The molecule has 0 aliphatic carbocycles. The molecule has 1 atom stereocenters. The number of nitrogens with zero attached hydrogens (tertiary/aromatic N) is 3. The molecule has 1 aliphatic heterocycles. The van der Waals surface area contributed by atoms with Crippen LogP contribution in [0, 0.1) is 11.7 Å². The topological polar surface area (TPSA) is 21.1 Å². The summed E-state index contributed by atoms with van der Waals surface area (Å²) in [6, 6.07) is 5.18. The first-order valence-electron chi connectivity index (χ1n) is 7.25. The van der Waals surface area contributed by atoms with E-state index in [4.69, 9.17) is 11.6 Å². The Labute approximate surface area is 129 Å². The maximum atomic E-state index is 13.9. The van der Waals surface area contributed by atoms with Crippen LogP contribution in [0.1, 0.15) is 17.8 Å². The highest BCUT2D eigenvalue weighted by atomic mass is 35.5. The van der Waals surface area contributed by atoms with Gasteiger partial charge in [0.25, 0.3) is 0 Å². The van der Waals surface area contributed by atoms with E-state index in [1.165, 1.54) is 5.82 Å². The molecule has 2 aromatic rings. The Bertz CT molecular complexity index is 626. The number of rotatable bonds is 4. The van der Waals surface area contributed by atoms with Gasteiger partial charge < -0.3 is 9.47 Å². The molecule has 0 bridgehead atoms. The molecule has 112 valence electrons. The lowest BCUT2D eigenvalue weighted by Gasteiger charge is -2.28. The summed E-state index contributed by atoms with van der Waals surface area (Å²) in [6.07, 6.45) is 6.07. The number of hydrogen-bond acceptors (Lipinski definition) is 2. The fraction of sp³-hybridized carbons (Fsp3) is 0.438. The Kier molecular flexibility index (Phi) is 4.27. The van der Waals surface area contributed by atoms with Gasteiger partial charge in [-0.15, -0.1) is 0 Å². The van der Waals surface area contributed by atoms with Crippen LogP contribution in [0.25, 0.3) is 0 Å². The van der Waals surface area contributed by atoms with Gasteiger partial charge in [-0.1, -0.05) is 23.7 Å². The van der Waals surface area contributed by atoms with Gasteiger partial charge in [-0.3, -0.25) is 0 Å². The molecule has 2 heterocycles. The van der Waals surface area contributed by atoms with Crippen molar-refractivity contribution in [2.24, 2.45) is 5.92 Å². The van der Waals surface area contributed by atoms with Crippen LogP contribution < -0.4 is 0 Å². The Morgan fingerprint density at radius 2 is 2.33 bits per heavy atom. The van der Waals surface area contributed by atoms with E-state index in [9.17, 15) is 4.39 Å². The molecule has 0 saturated carbocycles. The van der Waals surface area contributed by atoms with Crippen molar-refractivity contribution in [3.05, 3.63) is 52.8 Å². The second-order valence-corrected chi connectivity index (χ2v) is 6.22. The van der Waals surface area contributed by atoms with E-state index in [2.05, 4.69) is 14.5 Å². The first-order chi connectivity index (χ1) is 10.1. The van der Waals surface area contributed by atoms with Crippen LogP contribution in [0.4, 0.5) is 4.39 Å². The first kappa shape index (κ1) is 14.5. The lowest BCUT2D eigenvalue weighted by Crippen LogP contribution is -2.31. The molecule has 21 heavy (non-hydrogen) atoms. The Hall–Kier alpha value is -1.39. The third kappa shape index (κ3) is 3.27. The van der Waals surface area contributed by atoms with Crippen LogP contribution in [0.15, 0.2) is 30.6 Å². The van der Waals surface area contributed by atoms with Crippen molar-refractivity contribution in [1.82, 2.24) is 14.5 Å². The SMILES string of the molecule is CN(Cc1cccc(Cl)c1F)C[C@H]1CCc2nccn2C1. The van der Waals surface area contributed by atoms with Crippen molar-refractivity contribution in [3.63, 3.8) is 0 Å². The molecule has 0 unspecified atom stereocenters. The predicted molar refractivity (Wildman–Crippen MR) is 81.8 cm³/mol. The van der Waals surface area contributed by atoms with Gasteiger partial charge in [0.1, 0.15) is 11.6 Å². The molecule has 3 rings (SSSR count). The zero-order chi connectivity index (χ0) is 14.8. The third-order valence-electron chi connectivity index (χ3n) is 4.07. The zero-order valence-electron chi connectivity index (χ0n) is 12.1. The minimum Gasteiger partial charge on any atom is -0.335 e. The largest absolute Gasteiger partial charge is 0.335 e. The van der Waals surface area contributed by atoms with Crippen molar-refractivity contribution in [3.8, 4) is 0 Å². The normalized spacial score (nSPS) is 18.0. The summed E-state index contributed by atoms with van der Waals surface area (Å²) >= 11 is 5.83. The number of halogens is 2. The molecule has 5 heteroatoms. The Morgan fingerprint density at radius 3 is 3.19 bits per heavy atom. The molecular weight excluding hydrogens is 289 g/mol. The third-order valence-corrected chi connectivity index (χ3v) is 4.37. The maximum absolute atomic E-state index is 13.9. The van der Waals surface area contributed by atoms with Crippen molar-refractivity contribution in [1.29, 1.82) is 0 Å². The van der Waals surface area contributed by atoms with E-state index in [0.29, 0.717) is 18.0 Å². The molecule has 0 N–H and O–H groups in total. The summed E-state index contributed by atoms with van der Waals surface area (Å²) in [5, 5.41) is 0.196. The predicted octanol–water partition coefficient (Wildman–Crippen LogP) is 3.37. The fourth-order valence-corrected chi connectivity index (χ4v) is 3.25. The van der Waals surface area contributed by atoms with Gasteiger partial charge in [-0.25, -0.2) is 9.37 Å². The number of imidazole rings is 1.